The van der Waals surface area contributed by atoms with E-state index in [1.165, 1.54) is 25.3 Å². The lowest BCUT2D eigenvalue weighted by Crippen LogP contribution is -2.36. The molecular formula is C13H17BrFN. The van der Waals surface area contributed by atoms with Crippen molar-refractivity contribution >= 4 is 15.9 Å². The van der Waals surface area contributed by atoms with Crippen LogP contribution >= 0.6 is 15.9 Å². The Morgan fingerprint density at radius 1 is 1.38 bits per heavy atom. The van der Waals surface area contributed by atoms with Gasteiger partial charge in [0, 0.05) is 17.1 Å². The molecule has 1 aliphatic heterocycles. The fourth-order valence-electron chi connectivity index (χ4n) is 2.33. The van der Waals surface area contributed by atoms with E-state index >= 15 is 0 Å². The molecule has 0 bridgehead atoms. The molecule has 0 amide bonds. The second kappa shape index (κ2) is 5.28. The second-order valence-electron chi connectivity index (χ2n) is 4.59. The van der Waals surface area contributed by atoms with Crippen molar-refractivity contribution in [2.24, 2.45) is 0 Å². The number of likely N-dealkylation sites (tertiary alicyclic amines) is 1. The Kier molecular flexibility index (Phi) is 3.98. The third kappa shape index (κ3) is 3.05. The molecule has 1 aliphatic rings. The van der Waals surface area contributed by atoms with Crippen molar-refractivity contribution in [3.05, 3.63) is 34.1 Å². The van der Waals surface area contributed by atoms with Crippen molar-refractivity contribution < 1.29 is 4.39 Å². The summed E-state index contributed by atoms with van der Waals surface area (Å²) in [6.45, 7) is 4.25. The van der Waals surface area contributed by atoms with Crippen LogP contribution in [0.15, 0.2) is 22.7 Å². The van der Waals surface area contributed by atoms with E-state index in [4.69, 9.17) is 0 Å². The molecule has 0 aliphatic carbocycles. The molecule has 0 aromatic heterocycles. The maximum absolute atomic E-state index is 13.2. The first-order valence-electron chi connectivity index (χ1n) is 5.84. The summed E-state index contributed by atoms with van der Waals surface area (Å²) >= 11 is 3.33. The Bertz CT molecular complexity index is 347. The van der Waals surface area contributed by atoms with E-state index in [-0.39, 0.29) is 5.82 Å². The zero-order chi connectivity index (χ0) is 11.5. The maximum Gasteiger partial charge on any atom is 0.124 e. The van der Waals surface area contributed by atoms with Gasteiger partial charge in [0.25, 0.3) is 0 Å². The number of benzene rings is 1. The highest BCUT2D eigenvalue weighted by atomic mass is 79.9. The molecule has 0 saturated carbocycles. The van der Waals surface area contributed by atoms with E-state index in [2.05, 4.69) is 27.8 Å². The Hall–Kier alpha value is -0.410. The SMILES string of the molecule is CC1CCCCN1Cc1cc(F)cc(Br)c1. The van der Waals surface area contributed by atoms with Crippen LogP contribution in [0.3, 0.4) is 0 Å². The lowest BCUT2D eigenvalue weighted by Gasteiger charge is -2.33. The first kappa shape index (κ1) is 12.1. The third-order valence-corrected chi connectivity index (χ3v) is 3.71. The monoisotopic (exact) mass is 285 g/mol. The predicted octanol–water partition coefficient (Wildman–Crippen LogP) is 3.96. The Balaban J connectivity index is 2.07. The third-order valence-electron chi connectivity index (χ3n) is 3.25. The Morgan fingerprint density at radius 3 is 2.88 bits per heavy atom. The molecule has 88 valence electrons. The fraction of sp³-hybridized carbons (Fsp3) is 0.538. The number of hydrogen-bond donors (Lipinski definition) is 0. The van der Waals surface area contributed by atoms with Crippen LogP contribution in [0.1, 0.15) is 31.7 Å². The van der Waals surface area contributed by atoms with E-state index in [0.717, 1.165) is 23.1 Å². The number of nitrogens with zero attached hydrogens (tertiary/aromatic N) is 1. The highest BCUT2D eigenvalue weighted by Gasteiger charge is 2.18. The topological polar surface area (TPSA) is 3.24 Å². The van der Waals surface area contributed by atoms with Crippen LogP contribution in [0.5, 0.6) is 0 Å². The van der Waals surface area contributed by atoms with Crippen LogP contribution in [0.2, 0.25) is 0 Å². The van der Waals surface area contributed by atoms with E-state index in [1.807, 2.05) is 6.07 Å². The molecular weight excluding hydrogens is 269 g/mol. The van der Waals surface area contributed by atoms with Gasteiger partial charge in [-0.25, -0.2) is 4.39 Å². The molecule has 1 aromatic rings. The summed E-state index contributed by atoms with van der Waals surface area (Å²) in [5.74, 6) is -0.158. The molecule has 3 heteroatoms. The van der Waals surface area contributed by atoms with Crippen LogP contribution < -0.4 is 0 Å². The molecule has 1 aromatic carbocycles. The summed E-state index contributed by atoms with van der Waals surface area (Å²) in [4.78, 5) is 2.44. The highest BCUT2D eigenvalue weighted by Crippen LogP contribution is 2.21. The van der Waals surface area contributed by atoms with Crippen molar-refractivity contribution in [3.8, 4) is 0 Å². The van der Waals surface area contributed by atoms with Gasteiger partial charge in [0.1, 0.15) is 5.82 Å². The first-order valence-corrected chi connectivity index (χ1v) is 6.63. The number of hydrogen-bond acceptors (Lipinski definition) is 1. The van der Waals surface area contributed by atoms with Crippen molar-refractivity contribution in [1.29, 1.82) is 0 Å². The van der Waals surface area contributed by atoms with Crippen molar-refractivity contribution in [1.82, 2.24) is 4.90 Å². The molecule has 1 fully saturated rings. The van der Waals surface area contributed by atoms with Gasteiger partial charge in [0.05, 0.1) is 0 Å². The average molecular weight is 286 g/mol. The molecule has 1 nitrogen and oxygen atoms in total. The summed E-state index contributed by atoms with van der Waals surface area (Å²) in [6, 6.07) is 5.76. The van der Waals surface area contributed by atoms with Gasteiger partial charge in [-0.3, -0.25) is 4.90 Å². The fourth-order valence-corrected chi connectivity index (χ4v) is 2.84. The van der Waals surface area contributed by atoms with Crippen LogP contribution in [-0.2, 0) is 6.54 Å². The quantitative estimate of drug-likeness (QED) is 0.795. The Labute approximate surface area is 105 Å². The molecule has 0 N–H and O–H groups in total. The summed E-state index contributed by atoms with van der Waals surface area (Å²) < 4.78 is 14.1. The molecule has 1 saturated heterocycles. The van der Waals surface area contributed by atoms with E-state index in [1.54, 1.807) is 6.07 Å². The summed E-state index contributed by atoms with van der Waals surface area (Å²) in [5, 5.41) is 0. The number of halogens is 2. The second-order valence-corrected chi connectivity index (χ2v) is 5.51. The predicted molar refractivity (Wildman–Crippen MR) is 67.8 cm³/mol. The first-order chi connectivity index (χ1) is 7.65. The van der Waals surface area contributed by atoms with Gasteiger partial charge in [-0.15, -0.1) is 0 Å². The van der Waals surface area contributed by atoms with Crippen molar-refractivity contribution in [2.45, 2.75) is 38.8 Å². The zero-order valence-electron chi connectivity index (χ0n) is 9.55. The summed E-state index contributed by atoms with van der Waals surface area (Å²) in [6.07, 6.45) is 3.85. The van der Waals surface area contributed by atoms with E-state index in [0.29, 0.717) is 6.04 Å². The summed E-state index contributed by atoms with van der Waals surface area (Å²) in [5.41, 5.74) is 1.06. The maximum atomic E-state index is 13.2. The molecule has 0 radical (unpaired) electrons. The molecule has 1 unspecified atom stereocenters. The van der Waals surface area contributed by atoms with E-state index < -0.39 is 0 Å². The van der Waals surface area contributed by atoms with Gasteiger partial charge in [0.15, 0.2) is 0 Å². The largest absolute Gasteiger partial charge is 0.296 e. The lowest BCUT2D eigenvalue weighted by atomic mass is 10.0. The number of piperidine rings is 1. The smallest absolute Gasteiger partial charge is 0.124 e. The number of rotatable bonds is 2. The van der Waals surface area contributed by atoms with Gasteiger partial charge in [0.2, 0.25) is 0 Å². The highest BCUT2D eigenvalue weighted by molar-refractivity contribution is 9.10. The van der Waals surface area contributed by atoms with Crippen LogP contribution in [0, 0.1) is 5.82 Å². The zero-order valence-corrected chi connectivity index (χ0v) is 11.1. The summed E-state index contributed by atoms with van der Waals surface area (Å²) in [7, 11) is 0. The minimum Gasteiger partial charge on any atom is -0.296 e. The van der Waals surface area contributed by atoms with Gasteiger partial charge in [-0.1, -0.05) is 22.4 Å². The lowest BCUT2D eigenvalue weighted by molar-refractivity contribution is 0.152. The molecule has 1 atom stereocenters. The van der Waals surface area contributed by atoms with Gasteiger partial charge in [-0.05, 0) is 50.1 Å². The van der Waals surface area contributed by atoms with Crippen LogP contribution in [0.4, 0.5) is 4.39 Å². The minimum atomic E-state index is -0.158. The molecule has 2 rings (SSSR count). The van der Waals surface area contributed by atoms with Gasteiger partial charge < -0.3 is 0 Å². The van der Waals surface area contributed by atoms with Crippen LogP contribution in [0.25, 0.3) is 0 Å². The Morgan fingerprint density at radius 2 is 2.19 bits per heavy atom. The molecule has 16 heavy (non-hydrogen) atoms. The molecule has 0 spiro atoms. The standard InChI is InChI=1S/C13H17BrFN/c1-10-4-2-3-5-16(10)9-11-6-12(14)8-13(15)7-11/h6-8,10H,2-5,9H2,1H3. The van der Waals surface area contributed by atoms with Crippen molar-refractivity contribution in [2.75, 3.05) is 6.54 Å². The minimum absolute atomic E-state index is 0.158. The normalized spacial score (nSPS) is 22.3. The molecule has 1 heterocycles. The average Bonchev–Trinajstić information content (AvgIpc) is 2.20. The van der Waals surface area contributed by atoms with Crippen molar-refractivity contribution in [3.63, 3.8) is 0 Å². The van der Waals surface area contributed by atoms with Gasteiger partial charge in [-0.2, -0.15) is 0 Å². The van der Waals surface area contributed by atoms with E-state index in [9.17, 15) is 4.39 Å². The van der Waals surface area contributed by atoms with Crippen LogP contribution in [-0.4, -0.2) is 17.5 Å². The van der Waals surface area contributed by atoms with Gasteiger partial charge >= 0.3 is 0 Å².